The molecule has 4 nitrogen and oxygen atoms in total. The lowest BCUT2D eigenvalue weighted by atomic mass is 9.41. The van der Waals surface area contributed by atoms with E-state index < -0.39 is 11.6 Å². The standard InChI is InChI=1S/C26H44O4/c1-5-26(30)15-17-14-18(27)10-12-24(17,3)21-11-13-25(4)19(7-8-20(25)23(21)26)16(2)6-9-22(28)29/h16-21,23,27,30H,5-15H2,1-4H3,(H,28,29)/t16-,17+,18-,19-,20+,21+,23+,24+,25-,26-/m1/s1. The summed E-state index contributed by atoms with van der Waals surface area (Å²) in [6.45, 7) is 9.37. The number of aliphatic hydroxyl groups is 2. The fourth-order valence-corrected chi connectivity index (χ4v) is 9.30. The summed E-state index contributed by atoms with van der Waals surface area (Å²) in [5.74, 6) is 2.21. The molecule has 0 aromatic rings. The summed E-state index contributed by atoms with van der Waals surface area (Å²) in [4.78, 5) is 11.1. The van der Waals surface area contributed by atoms with Crippen LogP contribution in [-0.4, -0.2) is 33.0 Å². The van der Waals surface area contributed by atoms with Crippen LogP contribution in [0.15, 0.2) is 0 Å². The lowest BCUT2D eigenvalue weighted by Crippen LogP contribution is -2.63. The van der Waals surface area contributed by atoms with Crippen LogP contribution in [0.5, 0.6) is 0 Å². The van der Waals surface area contributed by atoms with E-state index in [4.69, 9.17) is 5.11 Å². The zero-order chi connectivity index (χ0) is 21.9. The molecule has 0 spiro atoms. The first-order valence-corrected chi connectivity index (χ1v) is 12.7. The molecule has 4 saturated carbocycles. The second-order valence-electron chi connectivity index (χ2n) is 12.2. The predicted octanol–water partition coefficient (Wildman–Crippen LogP) is 5.26. The number of aliphatic carboxylic acids is 1. The normalized spacial score (nSPS) is 51.5. The van der Waals surface area contributed by atoms with Gasteiger partial charge in [-0.1, -0.05) is 27.7 Å². The minimum absolute atomic E-state index is 0.194. The Morgan fingerprint density at radius 2 is 1.73 bits per heavy atom. The number of carboxylic acid groups (broad SMARTS) is 1. The second kappa shape index (κ2) is 7.76. The fourth-order valence-electron chi connectivity index (χ4n) is 9.30. The van der Waals surface area contributed by atoms with E-state index in [2.05, 4.69) is 27.7 Å². The third-order valence-corrected chi connectivity index (χ3v) is 11.0. The van der Waals surface area contributed by atoms with Crippen molar-refractivity contribution < 1.29 is 20.1 Å². The summed E-state index contributed by atoms with van der Waals surface area (Å²) in [5.41, 5.74) is -0.142. The molecule has 0 saturated heterocycles. The molecule has 4 aliphatic carbocycles. The van der Waals surface area contributed by atoms with E-state index in [-0.39, 0.29) is 23.4 Å². The van der Waals surface area contributed by atoms with E-state index in [9.17, 15) is 15.0 Å². The van der Waals surface area contributed by atoms with Gasteiger partial charge < -0.3 is 15.3 Å². The van der Waals surface area contributed by atoms with E-state index in [1.54, 1.807) is 0 Å². The Kier molecular flexibility index (Phi) is 5.84. The van der Waals surface area contributed by atoms with Gasteiger partial charge in [0.05, 0.1) is 11.7 Å². The van der Waals surface area contributed by atoms with Crippen molar-refractivity contribution in [3.05, 3.63) is 0 Å². The minimum Gasteiger partial charge on any atom is -0.481 e. The highest BCUT2D eigenvalue weighted by Gasteiger charge is 2.66. The van der Waals surface area contributed by atoms with Gasteiger partial charge in [0.1, 0.15) is 0 Å². The van der Waals surface area contributed by atoms with Gasteiger partial charge in [-0.05, 0) is 111 Å². The second-order valence-corrected chi connectivity index (χ2v) is 12.2. The molecule has 4 fully saturated rings. The molecule has 0 amide bonds. The number of fused-ring (bicyclic) bond motifs is 5. The van der Waals surface area contributed by atoms with Gasteiger partial charge in [-0.15, -0.1) is 0 Å². The zero-order valence-corrected chi connectivity index (χ0v) is 19.6. The first-order valence-electron chi connectivity index (χ1n) is 12.7. The van der Waals surface area contributed by atoms with Crippen molar-refractivity contribution in [2.24, 2.45) is 46.3 Å². The van der Waals surface area contributed by atoms with Gasteiger partial charge in [0.15, 0.2) is 0 Å². The Morgan fingerprint density at radius 3 is 2.40 bits per heavy atom. The summed E-state index contributed by atoms with van der Waals surface area (Å²) < 4.78 is 0. The van der Waals surface area contributed by atoms with Crippen LogP contribution in [0, 0.1) is 46.3 Å². The van der Waals surface area contributed by atoms with Crippen LogP contribution in [0.4, 0.5) is 0 Å². The van der Waals surface area contributed by atoms with Crippen LogP contribution in [-0.2, 0) is 4.79 Å². The molecule has 0 heterocycles. The maximum absolute atomic E-state index is 12.0. The molecule has 4 heteroatoms. The number of hydrogen-bond donors (Lipinski definition) is 3. The van der Waals surface area contributed by atoms with Crippen molar-refractivity contribution in [2.45, 2.75) is 110 Å². The Hall–Kier alpha value is -0.610. The van der Waals surface area contributed by atoms with Gasteiger partial charge in [0.25, 0.3) is 0 Å². The lowest BCUT2D eigenvalue weighted by molar-refractivity contribution is -0.220. The molecule has 0 unspecified atom stereocenters. The summed E-state index contributed by atoms with van der Waals surface area (Å²) in [6.07, 6.45) is 10.1. The van der Waals surface area contributed by atoms with Gasteiger partial charge in [-0.2, -0.15) is 0 Å². The molecule has 172 valence electrons. The Labute approximate surface area is 182 Å². The van der Waals surface area contributed by atoms with Crippen molar-refractivity contribution in [2.75, 3.05) is 0 Å². The molecular weight excluding hydrogens is 376 g/mol. The van der Waals surface area contributed by atoms with Crippen LogP contribution in [0.3, 0.4) is 0 Å². The van der Waals surface area contributed by atoms with E-state index in [0.29, 0.717) is 35.5 Å². The van der Waals surface area contributed by atoms with E-state index in [1.807, 2.05) is 0 Å². The minimum atomic E-state index is -0.684. The maximum Gasteiger partial charge on any atom is 0.303 e. The average Bonchev–Trinajstić information content (AvgIpc) is 3.04. The van der Waals surface area contributed by atoms with Crippen LogP contribution in [0.25, 0.3) is 0 Å². The molecule has 3 N–H and O–H groups in total. The molecule has 0 aromatic heterocycles. The van der Waals surface area contributed by atoms with Crippen molar-refractivity contribution >= 4 is 5.97 Å². The third-order valence-electron chi connectivity index (χ3n) is 11.0. The Morgan fingerprint density at radius 1 is 1.07 bits per heavy atom. The van der Waals surface area contributed by atoms with Crippen LogP contribution < -0.4 is 0 Å². The zero-order valence-electron chi connectivity index (χ0n) is 19.6. The van der Waals surface area contributed by atoms with Gasteiger partial charge in [-0.3, -0.25) is 4.79 Å². The first kappa shape index (κ1) is 22.6. The average molecular weight is 421 g/mol. The summed E-state index contributed by atoms with van der Waals surface area (Å²) in [6, 6.07) is 0. The monoisotopic (exact) mass is 420 g/mol. The van der Waals surface area contributed by atoms with Gasteiger partial charge >= 0.3 is 5.97 Å². The lowest BCUT2D eigenvalue weighted by Gasteiger charge is -2.65. The third kappa shape index (κ3) is 3.36. The molecule has 30 heavy (non-hydrogen) atoms. The maximum atomic E-state index is 12.0. The summed E-state index contributed by atoms with van der Waals surface area (Å²) in [7, 11) is 0. The summed E-state index contributed by atoms with van der Waals surface area (Å²) >= 11 is 0. The van der Waals surface area contributed by atoms with Crippen LogP contribution >= 0.6 is 0 Å². The van der Waals surface area contributed by atoms with E-state index >= 15 is 0 Å². The molecule has 4 rings (SSSR count). The molecular formula is C26H44O4. The molecule has 4 aliphatic rings. The highest BCUT2D eigenvalue weighted by molar-refractivity contribution is 5.66. The number of hydrogen-bond acceptors (Lipinski definition) is 3. The van der Waals surface area contributed by atoms with Crippen LogP contribution in [0.1, 0.15) is 98.3 Å². The van der Waals surface area contributed by atoms with Crippen molar-refractivity contribution in [3.63, 3.8) is 0 Å². The van der Waals surface area contributed by atoms with E-state index in [0.717, 1.165) is 38.5 Å². The Balaban J connectivity index is 1.63. The number of aliphatic hydroxyl groups excluding tert-OH is 1. The van der Waals surface area contributed by atoms with Crippen molar-refractivity contribution in [1.29, 1.82) is 0 Å². The molecule has 0 aliphatic heterocycles. The highest BCUT2D eigenvalue weighted by atomic mass is 16.4. The van der Waals surface area contributed by atoms with Crippen molar-refractivity contribution in [3.8, 4) is 0 Å². The molecule has 0 radical (unpaired) electrons. The quantitative estimate of drug-likeness (QED) is 0.567. The Bertz CT molecular complexity index is 663. The van der Waals surface area contributed by atoms with E-state index in [1.165, 1.54) is 25.7 Å². The number of carbonyl (C=O) groups is 1. The fraction of sp³-hybridized carbons (Fsp3) is 0.962. The van der Waals surface area contributed by atoms with Gasteiger partial charge in [-0.25, -0.2) is 0 Å². The van der Waals surface area contributed by atoms with Crippen molar-refractivity contribution in [1.82, 2.24) is 0 Å². The highest BCUT2D eigenvalue weighted by Crippen LogP contribution is 2.70. The van der Waals surface area contributed by atoms with Crippen LogP contribution in [0.2, 0.25) is 0 Å². The smallest absolute Gasteiger partial charge is 0.303 e. The SMILES string of the molecule is CC[C@@]1(O)C[C@@H]2C[C@H](O)CC[C@]2(C)[C@H]2CC[C@]3(C)[C@@H]([C@H](C)CCC(=O)O)CC[C@H]3[C@@H]21. The number of rotatable bonds is 5. The molecule has 0 aromatic carbocycles. The predicted molar refractivity (Wildman–Crippen MR) is 118 cm³/mol. The molecule has 0 bridgehead atoms. The number of carboxylic acids is 1. The topological polar surface area (TPSA) is 77.8 Å². The first-order chi connectivity index (χ1) is 14.0. The summed E-state index contributed by atoms with van der Waals surface area (Å²) in [5, 5.41) is 31.5. The van der Waals surface area contributed by atoms with Gasteiger partial charge in [0, 0.05) is 6.42 Å². The van der Waals surface area contributed by atoms with Gasteiger partial charge in [0.2, 0.25) is 0 Å². The molecule has 10 atom stereocenters. The largest absolute Gasteiger partial charge is 0.481 e.